The average Bonchev–Trinajstić information content (AvgIpc) is 3.07. The maximum absolute atomic E-state index is 12.5. The summed E-state index contributed by atoms with van der Waals surface area (Å²) < 4.78 is 32.6. The van der Waals surface area contributed by atoms with Crippen molar-refractivity contribution < 1.29 is 37.6 Å². The zero-order valence-corrected chi connectivity index (χ0v) is 31.9. The van der Waals surface area contributed by atoms with Crippen molar-refractivity contribution in [3.63, 3.8) is 0 Å². The highest BCUT2D eigenvalue weighted by Gasteiger charge is 2.25. The van der Waals surface area contributed by atoms with Gasteiger partial charge in [0.1, 0.15) is 6.61 Å². The number of hydrogen-bond donors (Lipinski definition) is 2. The summed E-state index contributed by atoms with van der Waals surface area (Å²) in [5.41, 5.74) is 5.33. The molecular formula is C38H74NO8P. The third-order valence-electron chi connectivity index (χ3n) is 8.40. The molecule has 0 aromatic carbocycles. The normalized spacial score (nSPS) is 13.5. The SMILES string of the molecule is CCCC/C=C\CCCCCCCC(=O)OC(COC(=O)CCCCCCCCCCCCCCCCCC)COP(=O)(O)OCCN. The largest absolute Gasteiger partial charge is 0.472 e. The number of allylic oxidation sites excluding steroid dienone is 2. The fourth-order valence-electron chi connectivity index (χ4n) is 5.44. The molecule has 0 bridgehead atoms. The van der Waals surface area contributed by atoms with Gasteiger partial charge in [-0.2, -0.15) is 0 Å². The third kappa shape index (κ3) is 34.6. The molecule has 0 saturated heterocycles. The van der Waals surface area contributed by atoms with Gasteiger partial charge < -0.3 is 20.1 Å². The maximum Gasteiger partial charge on any atom is 0.472 e. The lowest BCUT2D eigenvalue weighted by Crippen LogP contribution is -2.29. The molecule has 0 spiro atoms. The number of nitrogens with two attached hydrogens (primary N) is 1. The molecule has 2 atom stereocenters. The molecule has 0 aliphatic rings. The zero-order chi connectivity index (χ0) is 35.4. The fraction of sp³-hybridized carbons (Fsp3) is 0.895. The predicted octanol–water partition coefficient (Wildman–Crippen LogP) is 10.7. The molecule has 0 radical (unpaired) electrons. The zero-order valence-electron chi connectivity index (χ0n) is 31.0. The van der Waals surface area contributed by atoms with Crippen LogP contribution in [0.3, 0.4) is 0 Å². The first kappa shape index (κ1) is 46.8. The summed E-state index contributed by atoms with van der Waals surface area (Å²) in [6.45, 7) is 3.69. The Kier molecular flexibility index (Phi) is 34.6. The number of phosphoric acid groups is 1. The van der Waals surface area contributed by atoms with E-state index in [4.69, 9.17) is 24.3 Å². The number of esters is 2. The highest BCUT2D eigenvalue weighted by molar-refractivity contribution is 7.47. The van der Waals surface area contributed by atoms with Crippen molar-refractivity contribution in [2.24, 2.45) is 5.73 Å². The van der Waals surface area contributed by atoms with Crippen LogP contribution >= 0.6 is 7.82 Å². The summed E-state index contributed by atoms with van der Waals surface area (Å²) in [4.78, 5) is 34.7. The van der Waals surface area contributed by atoms with Gasteiger partial charge in [0.2, 0.25) is 0 Å². The van der Waals surface area contributed by atoms with Gasteiger partial charge in [0, 0.05) is 19.4 Å². The van der Waals surface area contributed by atoms with Crippen LogP contribution < -0.4 is 5.73 Å². The lowest BCUT2D eigenvalue weighted by Gasteiger charge is -2.19. The van der Waals surface area contributed by atoms with Gasteiger partial charge >= 0.3 is 19.8 Å². The Hall–Kier alpha value is -1.25. The van der Waals surface area contributed by atoms with E-state index < -0.39 is 26.5 Å². The molecule has 2 unspecified atom stereocenters. The number of ether oxygens (including phenoxy) is 2. The van der Waals surface area contributed by atoms with E-state index in [0.717, 1.165) is 57.8 Å². The summed E-state index contributed by atoms with van der Waals surface area (Å²) >= 11 is 0. The maximum atomic E-state index is 12.5. The number of phosphoric ester groups is 1. The highest BCUT2D eigenvalue weighted by Crippen LogP contribution is 2.43. The number of carbonyl (C=O) groups excluding carboxylic acids is 2. The van der Waals surface area contributed by atoms with Gasteiger partial charge in [-0.05, 0) is 32.1 Å². The van der Waals surface area contributed by atoms with Crippen LogP contribution in [-0.2, 0) is 32.7 Å². The molecule has 0 fully saturated rings. The molecule has 0 amide bonds. The Morgan fingerprint density at radius 1 is 0.604 bits per heavy atom. The van der Waals surface area contributed by atoms with Gasteiger partial charge in [-0.15, -0.1) is 0 Å². The van der Waals surface area contributed by atoms with E-state index in [1.807, 2.05) is 0 Å². The lowest BCUT2D eigenvalue weighted by molar-refractivity contribution is -0.161. The Bertz CT molecular complexity index is 810. The highest BCUT2D eigenvalue weighted by atomic mass is 31.2. The molecule has 9 nitrogen and oxygen atoms in total. The molecule has 0 aromatic rings. The summed E-state index contributed by atoms with van der Waals surface area (Å²) in [6.07, 6.45) is 33.8. The summed E-state index contributed by atoms with van der Waals surface area (Å²) in [7, 11) is -4.37. The minimum absolute atomic E-state index is 0.0545. The number of hydrogen-bond acceptors (Lipinski definition) is 8. The first-order valence-corrected chi connectivity index (χ1v) is 21.2. The van der Waals surface area contributed by atoms with Gasteiger partial charge in [-0.1, -0.05) is 154 Å². The smallest absolute Gasteiger partial charge is 0.462 e. The van der Waals surface area contributed by atoms with Crippen LogP contribution in [0.4, 0.5) is 0 Å². The van der Waals surface area contributed by atoms with E-state index in [-0.39, 0.29) is 38.6 Å². The van der Waals surface area contributed by atoms with Gasteiger partial charge in [0.15, 0.2) is 6.10 Å². The van der Waals surface area contributed by atoms with Crippen LogP contribution in [0.2, 0.25) is 0 Å². The molecule has 0 aromatic heterocycles. The molecule has 10 heteroatoms. The number of rotatable bonds is 37. The van der Waals surface area contributed by atoms with E-state index in [1.165, 1.54) is 96.3 Å². The van der Waals surface area contributed by atoms with Gasteiger partial charge in [-0.25, -0.2) is 4.57 Å². The van der Waals surface area contributed by atoms with Crippen LogP contribution in [0, 0.1) is 0 Å². The average molecular weight is 704 g/mol. The quantitative estimate of drug-likeness (QED) is 0.0280. The third-order valence-corrected chi connectivity index (χ3v) is 9.39. The van der Waals surface area contributed by atoms with E-state index >= 15 is 0 Å². The Labute approximate surface area is 294 Å². The van der Waals surface area contributed by atoms with Gasteiger partial charge in [0.25, 0.3) is 0 Å². The first-order chi connectivity index (χ1) is 23.3. The first-order valence-electron chi connectivity index (χ1n) is 19.7. The minimum Gasteiger partial charge on any atom is -0.462 e. The number of unbranched alkanes of at least 4 members (excludes halogenated alkanes) is 22. The Morgan fingerprint density at radius 2 is 1.04 bits per heavy atom. The topological polar surface area (TPSA) is 134 Å². The van der Waals surface area contributed by atoms with E-state index in [2.05, 4.69) is 26.0 Å². The molecule has 0 heterocycles. The molecule has 284 valence electrons. The summed E-state index contributed by atoms with van der Waals surface area (Å²) in [5, 5.41) is 0. The number of carbonyl (C=O) groups is 2. The summed E-state index contributed by atoms with van der Waals surface area (Å²) in [5.74, 6) is -0.833. The second-order valence-corrected chi connectivity index (χ2v) is 14.6. The van der Waals surface area contributed by atoms with Crippen molar-refractivity contribution in [2.75, 3.05) is 26.4 Å². The second kappa shape index (κ2) is 35.6. The van der Waals surface area contributed by atoms with E-state index in [0.29, 0.717) is 6.42 Å². The molecule has 0 rings (SSSR count). The molecule has 3 N–H and O–H groups in total. The van der Waals surface area contributed by atoms with E-state index in [9.17, 15) is 19.0 Å². The predicted molar refractivity (Wildman–Crippen MR) is 197 cm³/mol. The molecule has 0 aliphatic heterocycles. The monoisotopic (exact) mass is 704 g/mol. The standard InChI is InChI=1S/C38H74NO8P/c1-3-5-7-9-11-13-15-16-17-18-19-21-22-24-26-28-30-37(40)44-34-36(35-46-48(42,43)45-33-32-39)47-38(41)31-29-27-25-23-20-14-12-10-8-6-4-2/h10,12,36H,3-9,11,13-35,39H2,1-2H3,(H,42,43)/b12-10-. The molecular weight excluding hydrogens is 629 g/mol. The summed E-state index contributed by atoms with van der Waals surface area (Å²) in [6, 6.07) is 0. The van der Waals surface area contributed by atoms with Crippen molar-refractivity contribution in [3.8, 4) is 0 Å². The van der Waals surface area contributed by atoms with Crippen LogP contribution in [0.25, 0.3) is 0 Å². The molecule has 0 saturated carbocycles. The van der Waals surface area contributed by atoms with Gasteiger partial charge in [-0.3, -0.25) is 18.6 Å². The van der Waals surface area contributed by atoms with Crippen LogP contribution in [0.15, 0.2) is 12.2 Å². The minimum atomic E-state index is -4.37. The van der Waals surface area contributed by atoms with Gasteiger partial charge in [0.05, 0.1) is 13.2 Å². The molecule has 0 aliphatic carbocycles. The van der Waals surface area contributed by atoms with Crippen molar-refractivity contribution >= 4 is 19.8 Å². The lowest BCUT2D eigenvalue weighted by atomic mass is 10.0. The second-order valence-electron chi connectivity index (χ2n) is 13.2. The van der Waals surface area contributed by atoms with Crippen molar-refractivity contribution in [1.29, 1.82) is 0 Å². The fourth-order valence-corrected chi connectivity index (χ4v) is 6.20. The van der Waals surface area contributed by atoms with Crippen molar-refractivity contribution in [3.05, 3.63) is 12.2 Å². The Balaban J connectivity index is 4.15. The molecule has 48 heavy (non-hydrogen) atoms. The van der Waals surface area contributed by atoms with Crippen LogP contribution in [0.1, 0.15) is 187 Å². The van der Waals surface area contributed by atoms with Crippen LogP contribution in [-0.4, -0.2) is 49.3 Å². The van der Waals surface area contributed by atoms with Crippen LogP contribution in [0.5, 0.6) is 0 Å². The van der Waals surface area contributed by atoms with Crippen molar-refractivity contribution in [2.45, 2.75) is 193 Å². The Morgan fingerprint density at radius 3 is 1.54 bits per heavy atom. The van der Waals surface area contributed by atoms with E-state index in [1.54, 1.807) is 0 Å². The van der Waals surface area contributed by atoms with Crippen molar-refractivity contribution in [1.82, 2.24) is 0 Å².